The Morgan fingerprint density at radius 2 is 2.06 bits per heavy atom. The van der Waals surface area contributed by atoms with Crippen molar-refractivity contribution in [1.29, 1.82) is 0 Å². The zero-order chi connectivity index (χ0) is 11.1. The Balaban J connectivity index is 2.47. The molecule has 2 aromatic heterocycles. The van der Waals surface area contributed by atoms with E-state index in [0.29, 0.717) is 0 Å². The van der Waals surface area contributed by atoms with Crippen molar-refractivity contribution >= 4 is 21.8 Å². The van der Waals surface area contributed by atoms with Gasteiger partial charge in [-0.3, -0.25) is 4.98 Å². The monoisotopic (exact) mass is 212 g/mol. The highest BCUT2D eigenvalue weighted by Crippen LogP contribution is 2.29. The van der Waals surface area contributed by atoms with Gasteiger partial charge in [-0.25, -0.2) is 0 Å². The molecule has 3 heteroatoms. The lowest BCUT2D eigenvalue weighted by Crippen LogP contribution is -1.81. The van der Waals surface area contributed by atoms with Crippen LogP contribution in [0.1, 0.15) is 5.56 Å². The molecule has 0 aliphatic carbocycles. The summed E-state index contributed by atoms with van der Waals surface area (Å²) in [7, 11) is 1.68. The van der Waals surface area contributed by atoms with Crippen molar-refractivity contribution in [3.05, 3.63) is 36.2 Å². The summed E-state index contributed by atoms with van der Waals surface area (Å²) < 4.78 is 5.21. The van der Waals surface area contributed by atoms with E-state index in [2.05, 4.69) is 23.0 Å². The first kappa shape index (κ1) is 9.21. The van der Waals surface area contributed by atoms with Crippen molar-refractivity contribution < 1.29 is 4.74 Å². The molecule has 0 amide bonds. The first-order chi connectivity index (χ1) is 7.79. The second kappa shape index (κ2) is 3.23. The van der Waals surface area contributed by atoms with Gasteiger partial charge in [-0.2, -0.15) is 0 Å². The van der Waals surface area contributed by atoms with Gasteiger partial charge in [0.25, 0.3) is 0 Å². The molecule has 0 radical (unpaired) electrons. The zero-order valence-electron chi connectivity index (χ0n) is 9.24. The highest BCUT2D eigenvalue weighted by atomic mass is 16.5. The Kier molecular flexibility index (Phi) is 1.86. The van der Waals surface area contributed by atoms with Crippen LogP contribution in [0.2, 0.25) is 0 Å². The van der Waals surface area contributed by atoms with E-state index >= 15 is 0 Å². The van der Waals surface area contributed by atoms with Gasteiger partial charge in [-0.15, -0.1) is 0 Å². The molecule has 3 rings (SSSR count). The van der Waals surface area contributed by atoms with Gasteiger partial charge in [0.1, 0.15) is 5.75 Å². The Labute approximate surface area is 93.1 Å². The molecular formula is C13H12N2O. The molecule has 0 bridgehead atoms. The molecule has 2 heterocycles. The average molecular weight is 212 g/mol. The first-order valence-corrected chi connectivity index (χ1v) is 5.19. The second-order valence-corrected chi connectivity index (χ2v) is 3.92. The molecule has 0 atom stereocenters. The van der Waals surface area contributed by atoms with E-state index in [1.165, 1.54) is 16.3 Å². The molecule has 0 aliphatic heterocycles. The smallest absolute Gasteiger partial charge is 0.120 e. The molecule has 1 aromatic carbocycles. The molecule has 0 aliphatic rings. The minimum atomic E-state index is 0.865. The third-order valence-electron chi connectivity index (χ3n) is 2.90. The van der Waals surface area contributed by atoms with Crippen molar-refractivity contribution in [3.8, 4) is 5.75 Å². The Bertz CT molecular complexity index is 670. The zero-order valence-corrected chi connectivity index (χ0v) is 9.24. The third-order valence-corrected chi connectivity index (χ3v) is 2.90. The number of aromatic amines is 1. The Morgan fingerprint density at radius 1 is 1.19 bits per heavy atom. The van der Waals surface area contributed by atoms with E-state index in [0.717, 1.165) is 16.8 Å². The van der Waals surface area contributed by atoms with Crippen LogP contribution in [0.15, 0.2) is 30.6 Å². The number of hydrogen-bond acceptors (Lipinski definition) is 2. The van der Waals surface area contributed by atoms with E-state index in [4.69, 9.17) is 4.74 Å². The summed E-state index contributed by atoms with van der Waals surface area (Å²) >= 11 is 0. The lowest BCUT2D eigenvalue weighted by molar-refractivity contribution is 0.415. The van der Waals surface area contributed by atoms with Crippen LogP contribution in [0.25, 0.3) is 21.8 Å². The van der Waals surface area contributed by atoms with Crippen LogP contribution >= 0.6 is 0 Å². The number of H-pyrrole nitrogens is 1. The highest BCUT2D eigenvalue weighted by Gasteiger charge is 2.07. The number of fused-ring (bicyclic) bond motifs is 3. The van der Waals surface area contributed by atoms with Gasteiger partial charge in [0.2, 0.25) is 0 Å². The number of hydrogen-bond donors (Lipinski definition) is 1. The summed E-state index contributed by atoms with van der Waals surface area (Å²) in [6.07, 6.45) is 3.74. The fraction of sp³-hybridized carbons (Fsp3) is 0.154. The van der Waals surface area contributed by atoms with Crippen LogP contribution in [-0.2, 0) is 0 Å². The van der Waals surface area contributed by atoms with Crippen LogP contribution < -0.4 is 4.74 Å². The highest BCUT2D eigenvalue weighted by molar-refractivity contribution is 6.08. The lowest BCUT2D eigenvalue weighted by atomic mass is 10.1. The van der Waals surface area contributed by atoms with Crippen LogP contribution in [-0.4, -0.2) is 17.1 Å². The third kappa shape index (κ3) is 1.18. The number of methoxy groups -OCH3 is 1. The topological polar surface area (TPSA) is 37.9 Å². The van der Waals surface area contributed by atoms with Gasteiger partial charge in [0.05, 0.1) is 24.3 Å². The maximum absolute atomic E-state index is 5.21. The van der Waals surface area contributed by atoms with Gasteiger partial charge in [-0.05, 0) is 24.6 Å². The normalized spacial score (nSPS) is 11.1. The fourth-order valence-corrected chi connectivity index (χ4v) is 2.13. The Hall–Kier alpha value is -2.03. The molecular weight excluding hydrogens is 200 g/mol. The van der Waals surface area contributed by atoms with Crippen molar-refractivity contribution in [3.63, 3.8) is 0 Å². The summed E-state index contributed by atoms with van der Waals surface area (Å²) in [6.45, 7) is 2.08. The lowest BCUT2D eigenvalue weighted by Gasteiger charge is -1.99. The second-order valence-electron chi connectivity index (χ2n) is 3.92. The number of benzene rings is 1. The van der Waals surface area contributed by atoms with E-state index in [1.54, 1.807) is 7.11 Å². The molecule has 16 heavy (non-hydrogen) atoms. The summed E-state index contributed by atoms with van der Waals surface area (Å²) in [5.41, 5.74) is 3.35. The summed E-state index contributed by atoms with van der Waals surface area (Å²) in [4.78, 5) is 7.54. The fourth-order valence-electron chi connectivity index (χ4n) is 2.13. The first-order valence-electron chi connectivity index (χ1n) is 5.19. The molecule has 0 spiro atoms. The molecule has 1 N–H and O–H groups in total. The van der Waals surface area contributed by atoms with E-state index in [1.807, 2.05) is 24.5 Å². The van der Waals surface area contributed by atoms with E-state index in [-0.39, 0.29) is 0 Å². The maximum atomic E-state index is 5.21. The van der Waals surface area contributed by atoms with Crippen molar-refractivity contribution in [2.24, 2.45) is 0 Å². The number of ether oxygens (including phenoxy) is 1. The average Bonchev–Trinajstić information content (AvgIpc) is 2.67. The summed E-state index contributed by atoms with van der Waals surface area (Å²) in [6, 6.07) is 6.07. The van der Waals surface area contributed by atoms with Crippen molar-refractivity contribution in [1.82, 2.24) is 9.97 Å². The Morgan fingerprint density at radius 3 is 2.88 bits per heavy atom. The molecule has 0 saturated carbocycles. The molecule has 3 nitrogen and oxygen atoms in total. The summed E-state index contributed by atoms with van der Waals surface area (Å²) in [5.74, 6) is 0.865. The molecule has 0 saturated heterocycles. The van der Waals surface area contributed by atoms with Crippen LogP contribution in [0.4, 0.5) is 0 Å². The van der Waals surface area contributed by atoms with Gasteiger partial charge >= 0.3 is 0 Å². The van der Waals surface area contributed by atoms with Gasteiger partial charge in [0.15, 0.2) is 0 Å². The predicted molar refractivity (Wildman–Crippen MR) is 64.9 cm³/mol. The number of aryl methyl sites for hydroxylation is 1. The minimum absolute atomic E-state index is 0.865. The van der Waals surface area contributed by atoms with E-state index in [9.17, 15) is 0 Å². The van der Waals surface area contributed by atoms with Crippen molar-refractivity contribution in [2.75, 3.05) is 7.11 Å². The van der Waals surface area contributed by atoms with Crippen LogP contribution in [0.5, 0.6) is 5.75 Å². The number of nitrogens with zero attached hydrogens (tertiary/aromatic N) is 1. The number of nitrogens with one attached hydrogen (secondary N) is 1. The SMILES string of the molecule is COc1ccc2c(c1)[nH]c1cncc(C)c12. The summed E-state index contributed by atoms with van der Waals surface area (Å²) in [5, 5.41) is 2.46. The minimum Gasteiger partial charge on any atom is -0.497 e. The number of aromatic nitrogens is 2. The molecule has 0 unspecified atom stereocenters. The van der Waals surface area contributed by atoms with Crippen molar-refractivity contribution in [2.45, 2.75) is 6.92 Å². The van der Waals surface area contributed by atoms with Crippen LogP contribution in [0.3, 0.4) is 0 Å². The standard InChI is InChI=1S/C13H12N2O/c1-8-6-14-7-12-13(8)10-4-3-9(16-2)5-11(10)15-12/h3-7,15H,1-2H3. The molecule has 80 valence electrons. The van der Waals surface area contributed by atoms with Gasteiger partial charge < -0.3 is 9.72 Å². The van der Waals surface area contributed by atoms with Gasteiger partial charge in [0, 0.05) is 23.0 Å². The van der Waals surface area contributed by atoms with Gasteiger partial charge in [-0.1, -0.05) is 0 Å². The number of pyridine rings is 1. The number of rotatable bonds is 1. The molecule has 3 aromatic rings. The quantitative estimate of drug-likeness (QED) is 0.673. The largest absolute Gasteiger partial charge is 0.497 e. The van der Waals surface area contributed by atoms with Crippen LogP contribution in [0, 0.1) is 6.92 Å². The predicted octanol–water partition coefficient (Wildman–Crippen LogP) is 3.03. The van der Waals surface area contributed by atoms with E-state index < -0.39 is 0 Å². The molecule has 0 fully saturated rings. The maximum Gasteiger partial charge on any atom is 0.120 e.